The lowest BCUT2D eigenvalue weighted by atomic mass is 9.86. The molecular formula is C23H29N5O4S2. The third-order valence-electron chi connectivity index (χ3n) is 5.72. The number of benzene rings is 1. The topological polar surface area (TPSA) is 137 Å². The number of thiazole rings is 1. The van der Waals surface area contributed by atoms with Gasteiger partial charge in [0, 0.05) is 41.0 Å². The normalized spacial score (nSPS) is 19.1. The SMILES string of the molecule is CC(C)(C)NS(=O)(=O)c1cc(-c2ccn[nH]2)ccc1-c1cnc(C2CCC(NC(=O)O)CC2)s1. The number of H-pyrrole nitrogens is 1. The monoisotopic (exact) mass is 503 g/mol. The number of carboxylic acid groups (broad SMARTS) is 1. The minimum absolute atomic E-state index is 0.0246. The fourth-order valence-corrected chi connectivity index (χ4v) is 7.11. The lowest BCUT2D eigenvalue weighted by Gasteiger charge is -2.27. The number of hydrogen-bond acceptors (Lipinski definition) is 6. The summed E-state index contributed by atoms with van der Waals surface area (Å²) < 4.78 is 29.5. The Morgan fingerprint density at radius 3 is 2.53 bits per heavy atom. The van der Waals surface area contributed by atoms with Gasteiger partial charge in [0.1, 0.15) is 0 Å². The van der Waals surface area contributed by atoms with Gasteiger partial charge in [0.25, 0.3) is 0 Å². The summed E-state index contributed by atoms with van der Waals surface area (Å²) in [5.74, 6) is 0.239. The average molecular weight is 504 g/mol. The van der Waals surface area contributed by atoms with E-state index in [0.29, 0.717) is 5.56 Å². The molecule has 9 nitrogen and oxygen atoms in total. The van der Waals surface area contributed by atoms with E-state index in [1.54, 1.807) is 24.5 Å². The van der Waals surface area contributed by atoms with Crippen LogP contribution in [-0.2, 0) is 10.0 Å². The lowest BCUT2D eigenvalue weighted by Crippen LogP contribution is -2.40. The summed E-state index contributed by atoms with van der Waals surface area (Å²) >= 11 is 1.50. The van der Waals surface area contributed by atoms with Crippen LogP contribution in [0, 0.1) is 0 Å². The molecule has 0 spiro atoms. The van der Waals surface area contributed by atoms with Crippen LogP contribution in [0.25, 0.3) is 21.7 Å². The first-order chi connectivity index (χ1) is 16.0. The highest BCUT2D eigenvalue weighted by atomic mass is 32.2. The van der Waals surface area contributed by atoms with Gasteiger partial charge in [0.15, 0.2) is 0 Å². The number of nitrogens with zero attached hydrogens (tertiary/aromatic N) is 2. The second-order valence-corrected chi connectivity index (χ2v) is 12.3. The molecule has 11 heteroatoms. The molecule has 0 unspecified atom stereocenters. The van der Waals surface area contributed by atoms with Gasteiger partial charge >= 0.3 is 6.09 Å². The van der Waals surface area contributed by atoms with E-state index in [1.165, 1.54) is 11.3 Å². The maximum Gasteiger partial charge on any atom is 0.404 e. The molecule has 0 atom stereocenters. The molecule has 2 aromatic heterocycles. The Hall–Kier alpha value is -2.76. The van der Waals surface area contributed by atoms with E-state index in [0.717, 1.165) is 46.8 Å². The van der Waals surface area contributed by atoms with E-state index in [2.05, 4.69) is 25.2 Å². The van der Waals surface area contributed by atoms with Crippen LogP contribution in [0.3, 0.4) is 0 Å². The molecule has 0 radical (unpaired) electrons. The molecule has 0 bridgehead atoms. The molecule has 2 heterocycles. The van der Waals surface area contributed by atoms with E-state index >= 15 is 0 Å². The van der Waals surface area contributed by atoms with Crippen molar-refractivity contribution in [1.29, 1.82) is 0 Å². The molecular weight excluding hydrogens is 474 g/mol. The standard InChI is InChI=1S/C23H29N5O4S2/c1-23(2,3)28-34(31,32)20-12-15(18-10-11-25-27-18)6-9-17(20)19-13-24-21(33-19)14-4-7-16(8-5-14)26-22(29)30/h6,9-14,16,26,28H,4-5,7-8H2,1-3H3,(H,25,27)(H,29,30). The van der Waals surface area contributed by atoms with Gasteiger partial charge in [-0.2, -0.15) is 5.10 Å². The molecule has 0 aliphatic heterocycles. The van der Waals surface area contributed by atoms with Crippen LogP contribution in [0.15, 0.2) is 41.6 Å². The van der Waals surface area contributed by atoms with Gasteiger partial charge in [-0.25, -0.2) is 22.9 Å². The van der Waals surface area contributed by atoms with Gasteiger partial charge in [-0.05, 0) is 58.6 Å². The zero-order chi connectivity index (χ0) is 24.5. The first-order valence-electron chi connectivity index (χ1n) is 11.2. The zero-order valence-electron chi connectivity index (χ0n) is 19.3. The molecule has 34 heavy (non-hydrogen) atoms. The Bertz CT molecular complexity index is 1250. The predicted molar refractivity (Wildman–Crippen MR) is 131 cm³/mol. The van der Waals surface area contributed by atoms with Crippen LogP contribution in [0.1, 0.15) is 57.4 Å². The summed E-state index contributed by atoms with van der Waals surface area (Å²) in [5.41, 5.74) is 1.42. The van der Waals surface area contributed by atoms with Crippen LogP contribution in [-0.4, -0.2) is 46.4 Å². The molecule has 3 aromatic rings. The zero-order valence-corrected chi connectivity index (χ0v) is 21.0. The predicted octanol–water partition coefficient (Wildman–Crippen LogP) is 4.57. The summed E-state index contributed by atoms with van der Waals surface area (Å²) in [6.45, 7) is 5.43. The third kappa shape index (κ3) is 5.65. The molecule has 4 N–H and O–H groups in total. The molecule has 1 aromatic carbocycles. The first kappa shape index (κ1) is 24.4. The van der Waals surface area contributed by atoms with Crippen molar-refractivity contribution in [3.8, 4) is 21.7 Å². The summed E-state index contributed by atoms with van der Waals surface area (Å²) in [6.07, 6.45) is 5.58. The Morgan fingerprint density at radius 2 is 1.91 bits per heavy atom. The van der Waals surface area contributed by atoms with Crippen molar-refractivity contribution in [1.82, 2.24) is 25.2 Å². The number of rotatable bonds is 6. The smallest absolute Gasteiger partial charge is 0.404 e. The number of aromatic nitrogens is 3. The maximum atomic E-state index is 13.4. The number of hydrogen-bond donors (Lipinski definition) is 4. The fraction of sp³-hybridized carbons (Fsp3) is 0.435. The molecule has 1 saturated carbocycles. The Balaban J connectivity index is 1.65. The van der Waals surface area contributed by atoms with Crippen LogP contribution in [0.4, 0.5) is 4.79 Å². The second kappa shape index (κ2) is 9.47. The van der Waals surface area contributed by atoms with Gasteiger partial charge in [-0.3, -0.25) is 5.10 Å². The van der Waals surface area contributed by atoms with Crippen molar-refractivity contribution in [3.05, 3.63) is 41.7 Å². The van der Waals surface area contributed by atoms with Crippen molar-refractivity contribution in [2.24, 2.45) is 0 Å². The van der Waals surface area contributed by atoms with E-state index in [9.17, 15) is 13.2 Å². The molecule has 0 saturated heterocycles. The molecule has 1 aliphatic carbocycles. The van der Waals surface area contributed by atoms with E-state index in [4.69, 9.17) is 5.11 Å². The average Bonchev–Trinajstić information content (AvgIpc) is 3.44. The van der Waals surface area contributed by atoms with E-state index in [-0.39, 0.29) is 16.9 Å². The molecule has 1 amide bonds. The Kier molecular flexibility index (Phi) is 6.79. The van der Waals surface area contributed by atoms with Crippen LogP contribution < -0.4 is 10.0 Å². The molecule has 4 rings (SSSR count). The second-order valence-electron chi connectivity index (χ2n) is 9.60. The summed E-state index contributed by atoms with van der Waals surface area (Å²) in [7, 11) is -3.81. The summed E-state index contributed by atoms with van der Waals surface area (Å²) in [4.78, 5) is 16.5. The van der Waals surface area contributed by atoms with Crippen molar-refractivity contribution < 1.29 is 18.3 Å². The van der Waals surface area contributed by atoms with Crippen LogP contribution in [0.2, 0.25) is 0 Å². The number of amides is 1. The minimum atomic E-state index is -3.81. The third-order valence-corrected chi connectivity index (χ3v) is 8.71. The fourth-order valence-electron chi connectivity index (χ4n) is 4.25. The number of carbonyl (C=O) groups is 1. The first-order valence-corrected chi connectivity index (χ1v) is 13.4. The van der Waals surface area contributed by atoms with Gasteiger partial charge in [-0.15, -0.1) is 11.3 Å². The highest BCUT2D eigenvalue weighted by molar-refractivity contribution is 7.89. The van der Waals surface area contributed by atoms with Crippen molar-refractivity contribution >= 4 is 27.5 Å². The van der Waals surface area contributed by atoms with Crippen LogP contribution >= 0.6 is 11.3 Å². The molecule has 182 valence electrons. The van der Waals surface area contributed by atoms with Crippen molar-refractivity contribution in [3.63, 3.8) is 0 Å². The van der Waals surface area contributed by atoms with Crippen molar-refractivity contribution in [2.45, 2.75) is 68.8 Å². The summed E-state index contributed by atoms with van der Waals surface area (Å²) in [6, 6.07) is 7.13. The summed E-state index contributed by atoms with van der Waals surface area (Å²) in [5, 5.41) is 19.3. The highest BCUT2D eigenvalue weighted by Gasteiger charge is 2.28. The maximum absolute atomic E-state index is 13.4. The Morgan fingerprint density at radius 1 is 1.18 bits per heavy atom. The Labute approximate surface area is 203 Å². The van der Waals surface area contributed by atoms with Gasteiger partial charge < -0.3 is 10.4 Å². The van der Waals surface area contributed by atoms with Gasteiger partial charge in [0.2, 0.25) is 10.0 Å². The number of sulfonamides is 1. The van der Waals surface area contributed by atoms with Gasteiger partial charge in [-0.1, -0.05) is 12.1 Å². The van der Waals surface area contributed by atoms with Crippen LogP contribution in [0.5, 0.6) is 0 Å². The van der Waals surface area contributed by atoms with Crippen molar-refractivity contribution in [2.75, 3.05) is 0 Å². The minimum Gasteiger partial charge on any atom is -0.465 e. The number of nitrogens with one attached hydrogen (secondary N) is 3. The lowest BCUT2D eigenvalue weighted by molar-refractivity contribution is 0.185. The van der Waals surface area contributed by atoms with E-state index in [1.807, 2.05) is 32.9 Å². The van der Waals surface area contributed by atoms with Gasteiger partial charge in [0.05, 0.1) is 20.5 Å². The molecule has 1 fully saturated rings. The number of aromatic amines is 1. The molecule has 1 aliphatic rings. The highest BCUT2D eigenvalue weighted by Crippen LogP contribution is 2.40. The van der Waals surface area contributed by atoms with E-state index < -0.39 is 21.7 Å². The largest absolute Gasteiger partial charge is 0.465 e. The quantitative estimate of drug-likeness (QED) is 0.389.